The molecule has 0 amide bonds. The Kier molecular flexibility index (Phi) is 3.52. The molecule has 2 aromatic rings. The number of thiazole rings is 1. The maximum Gasteiger partial charge on any atom is 0.149 e. The van der Waals surface area contributed by atoms with Gasteiger partial charge in [-0.15, -0.1) is 11.3 Å². The molecule has 1 heterocycles. The van der Waals surface area contributed by atoms with Gasteiger partial charge in [0.15, 0.2) is 0 Å². The molecule has 2 nitrogen and oxygen atoms in total. The molecule has 0 aliphatic carbocycles. The fourth-order valence-electron chi connectivity index (χ4n) is 1.75. The van der Waals surface area contributed by atoms with Gasteiger partial charge in [0.25, 0.3) is 0 Å². The van der Waals surface area contributed by atoms with E-state index < -0.39 is 0 Å². The van der Waals surface area contributed by atoms with E-state index in [1.165, 1.54) is 16.7 Å². The number of nitrogens with zero attached hydrogens (tertiary/aromatic N) is 1. The summed E-state index contributed by atoms with van der Waals surface area (Å²) in [6.07, 6.45) is 0. The van der Waals surface area contributed by atoms with E-state index in [0.29, 0.717) is 5.82 Å². The number of anilines is 1. The zero-order valence-corrected chi connectivity index (χ0v) is 13.4. The van der Waals surface area contributed by atoms with E-state index in [1.807, 2.05) is 0 Å². The third-order valence-corrected chi connectivity index (χ3v) is 4.73. The van der Waals surface area contributed by atoms with Crippen molar-refractivity contribution in [1.29, 1.82) is 0 Å². The SMILES string of the molecule is Cc1ccc(C(C)(C)C)cc1-c1nc(N)c(Br)s1. The van der Waals surface area contributed by atoms with E-state index in [1.54, 1.807) is 11.3 Å². The molecule has 18 heavy (non-hydrogen) atoms. The third kappa shape index (κ3) is 2.59. The van der Waals surface area contributed by atoms with Crippen LogP contribution in [0.25, 0.3) is 10.6 Å². The number of aryl methyl sites for hydroxylation is 1. The normalized spacial score (nSPS) is 11.8. The van der Waals surface area contributed by atoms with Crippen LogP contribution >= 0.6 is 27.3 Å². The third-order valence-electron chi connectivity index (χ3n) is 2.94. The first kappa shape index (κ1) is 13.6. The average molecular weight is 325 g/mol. The van der Waals surface area contributed by atoms with Crippen molar-refractivity contribution in [3.05, 3.63) is 33.1 Å². The summed E-state index contributed by atoms with van der Waals surface area (Å²) in [5, 5.41) is 0.975. The summed E-state index contributed by atoms with van der Waals surface area (Å²) in [4.78, 5) is 4.41. The summed E-state index contributed by atoms with van der Waals surface area (Å²) in [6, 6.07) is 6.56. The van der Waals surface area contributed by atoms with Crippen molar-refractivity contribution in [2.75, 3.05) is 5.73 Å². The minimum Gasteiger partial charge on any atom is -0.382 e. The second-order valence-corrected chi connectivity index (χ2v) is 7.77. The van der Waals surface area contributed by atoms with Gasteiger partial charge in [-0.3, -0.25) is 0 Å². The number of rotatable bonds is 1. The molecule has 4 heteroatoms. The van der Waals surface area contributed by atoms with Gasteiger partial charge >= 0.3 is 0 Å². The van der Waals surface area contributed by atoms with E-state index in [-0.39, 0.29) is 5.41 Å². The van der Waals surface area contributed by atoms with Gasteiger partial charge in [-0.05, 0) is 45.5 Å². The van der Waals surface area contributed by atoms with Crippen LogP contribution in [0.1, 0.15) is 31.9 Å². The Labute approximate surface area is 120 Å². The molecular weight excluding hydrogens is 308 g/mol. The Morgan fingerprint density at radius 1 is 1.28 bits per heavy atom. The summed E-state index contributed by atoms with van der Waals surface area (Å²) in [6.45, 7) is 8.75. The maximum atomic E-state index is 5.80. The lowest BCUT2D eigenvalue weighted by molar-refractivity contribution is 0.590. The first-order valence-electron chi connectivity index (χ1n) is 5.82. The number of benzene rings is 1. The van der Waals surface area contributed by atoms with Crippen molar-refractivity contribution in [1.82, 2.24) is 4.98 Å². The van der Waals surface area contributed by atoms with Crippen LogP contribution < -0.4 is 5.73 Å². The molecule has 0 atom stereocenters. The molecule has 0 spiro atoms. The predicted molar refractivity (Wildman–Crippen MR) is 83.1 cm³/mol. The van der Waals surface area contributed by atoms with Crippen molar-refractivity contribution in [3.63, 3.8) is 0 Å². The minimum absolute atomic E-state index is 0.141. The lowest BCUT2D eigenvalue weighted by Crippen LogP contribution is -2.11. The smallest absolute Gasteiger partial charge is 0.149 e. The highest BCUT2D eigenvalue weighted by atomic mass is 79.9. The fourth-order valence-corrected chi connectivity index (χ4v) is 3.09. The Balaban J connectivity index is 2.56. The Morgan fingerprint density at radius 2 is 1.94 bits per heavy atom. The summed E-state index contributed by atoms with van der Waals surface area (Å²) >= 11 is 5.01. The highest BCUT2D eigenvalue weighted by Gasteiger charge is 2.17. The number of nitrogens with two attached hydrogens (primary N) is 1. The maximum absolute atomic E-state index is 5.80. The molecule has 0 unspecified atom stereocenters. The number of halogens is 1. The van der Waals surface area contributed by atoms with Gasteiger partial charge in [0.2, 0.25) is 0 Å². The van der Waals surface area contributed by atoms with Crippen LogP contribution in [-0.4, -0.2) is 4.98 Å². The molecule has 96 valence electrons. The zero-order chi connectivity index (χ0) is 13.5. The molecule has 2 rings (SSSR count). The molecule has 0 saturated heterocycles. The zero-order valence-electron chi connectivity index (χ0n) is 11.0. The summed E-state index contributed by atoms with van der Waals surface area (Å²) in [7, 11) is 0. The van der Waals surface area contributed by atoms with Crippen molar-refractivity contribution in [3.8, 4) is 10.6 Å². The monoisotopic (exact) mass is 324 g/mol. The van der Waals surface area contributed by atoms with E-state index in [9.17, 15) is 0 Å². The standard InChI is InChI=1S/C14H17BrN2S/c1-8-5-6-9(14(2,3)4)7-10(8)13-17-12(16)11(15)18-13/h5-7H,16H2,1-4H3. The number of aromatic nitrogens is 1. The topological polar surface area (TPSA) is 38.9 Å². The van der Waals surface area contributed by atoms with Crippen molar-refractivity contribution in [2.24, 2.45) is 0 Å². The lowest BCUT2D eigenvalue weighted by Gasteiger charge is -2.20. The molecular formula is C14H17BrN2S. The largest absolute Gasteiger partial charge is 0.382 e. The molecule has 2 N–H and O–H groups in total. The first-order valence-corrected chi connectivity index (χ1v) is 7.43. The second kappa shape index (κ2) is 4.67. The van der Waals surface area contributed by atoms with E-state index >= 15 is 0 Å². The highest BCUT2D eigenvalue weighted by molar-refractivity contribution is 9.11. The summed E-state index contributed by atoms with van der Waals surface area (Å²) in [5.41, 5.74) is 9.66. The summed E-state index contributed by atoms with van der Waals surface area (Å²) < 4.78 is 0.901. The van der Waals surface area contributed by atoms with E-state index in [0.717, 1.165) is 8.79 Å². The van der Waals surface area contributed by atoms with Crippen LogP contribution in [0.5, 0.6) is 0 Å². The van der Waals surface area contributed by atoms with Gasteiger partial charge in [0, 0.05) is 5.56 Å². The number of nitrogen functional groups attached to an aromatic ring is 1. The van der Waals surface area contributed by atoms with E-state index in [4.69, 9.17) is 5.73 Å². The van der Waals surface area contributed by atoms with Crippen LogP contribution in [0.2, 0.25) is 0 Å². The van der Waals surface area contributed by atoms with Gasteiger partial charge in [-0.2, -0.15) is 0 Å². The molecule has 0 aliphatic heterocycles. The van der Waals surface area contributed by atoms with Gasteiger partial charge < -0.3 is 5.73 Å². The summed E-state index contributed by atoms with van der Waals surface area (Å²) in [5.74, 6) is 0.565. The Hall–Kier alpha value is -0.870. The molecule has 1 aromatic heterocycles. The molecule has 0 bridgehead atoms. The Bertz CT molecular complexity index is 562. The molecule has 0 fully saturated rings. The van der Waals surface area contributed by atoms with Gasteiger partial charge in [-0.25, -0.2) is 4.98 Å². The minimum atomic E-state index is 0.141. The van der Waals surface area contributed by atoms with Gasteiger partial charge in [-0.1, -0.05) is 32.9 Å². The number of hydrogen-bond acceptors (Lipinski definition) is 3. The van der Waals surface area contributed by atoms with Crippen LogP contribution in [-0.2, 0) is 5.41 Å². The quantitative estimate of drug-likeness (QED) is 0.821. The van der Waals surface area contributed by atoms with Gasteiger partial charge in [0.05, 0.1) is 0 Å². The molecule has 1 aromatic carbocycles. The van der Waals surface area contributed by atoms with Gasteiger partial charge in [0.1, 0.15) is 14.6 Å². The lowest BCUT2D eigenvalue weighted by atomic mass is 9.85. The van der Waals surface area contributed by atoms with Crippen LogP contribution in [0.15, 0.2) is 22.0 Å². The predicted octanol–water partition coefficient (Wildman–Crippen LogP) is 4.76. The van der Waals surface area contributed by atoms with Crippen LogP contribution in [0.4, 0.5) is 5.82 Å². The van der Waals surface area contributed by atoms with Crippen molar-refractivity contribution < 1.29 is 0 Å². The van der Waals surface area contributed by atoms with Crippen LogP contribution in [0.3, 0.4) is 0 Å². The van der Waals surface area contributed by atoms with E-state index in [2.05, 4.69) is 66.8 Å². The highest BCUT2D eigenvalue weighted by Crippen LogP contribution is 2.36. The fraction of sp³-hybridized carbons (Fsp3) is 0.357. The second-order valence-electron chi connectivity index (χ2n) is 5.46. The molecule has 0 saturated carbocycles. The molecule has 0 radical (unpaired) electrons. The molecule has 0 aliphatic rings. The first-order chi connectivity index (χ1) is 8.29. The van der Waals surface area contributed by atoms with Crippen LogP contribution in [0, 0.1) is 6.92 Å². The number of hydrogen-bond donors (Lipinski definition) is 1. The average Bonchev–Trinajstić information content (AvgIpc) is 2.58. The van der Waals surface area contributed by atoms with Crippen molar-refractivity contribution >= 4 is 33.1 Å². The van der Waals surface area contributed by atoms with Crippen molar-refractivity contribution in [2.45, 2.75) is 33.1 Å². The Morgan fingerprint density at radius 3 is 2.44 bits per heavy atom.